The summed E-state index contributed by atoms with van der Waals surface area (Å²) in [4.78, 5) is 25.9. The molecule has 0 bridgehead atoms. The van der Waals surface area contributed by atoms with Crippen molar-refractivity contribution >= 4 is 11.9 Å². The third-order valence-electron chi connectivity index (χ3n) is 10.6. The molecule has 0 aromatic rings. The highest BCUT2D eigenvalue weighted by molar-refractivity contribution is 5.77. The number of aliphatic hydroxyl groups is 2. The minimum Gasteiger partial charge on any atom is -0.462 e. The number of rotatable bonds is 41. The highest BCUT2D eigenvalue weighted by Gasteiger charge is 2.24. The Morgan fingerprint density at radius 1 is 0.538 bits per heavy atom. The predicted octanol–water partition coefficient (Wildman–Crippen LogP) is 13.0. The van der Waals surface area contributed by atoms with E-state index in [1.807, 2.05) is 0 Å². The maximum Gasteiger partial charge on any atom is 0.306 e. The van der Waals surface area contributed by atoms with E-state index in [0.29, 0.717) is 19.3 Å². The number of carbonyl (C=O) groups is 2. The van der Waals surface area contributed by atoms with Crippen LogP contribution in [0.3, 0.4) is 0 Å². The lowest BCUT2D eigenvalue weighted by Crippen LogP contribution is -2.46. The normalized spacial score (nSPS) is 13.4. The SMILES string of the molecule is CCCCC/C=C\CCCCCCCC(=O)OC(CCCCCCCCCC)CC(=O)NC(CO)C(O)CCCCCCCCCCCCCCC. The zero-order valence-corrected chi connectivity index (χ0v) is 35.0. The highest BCUT2D eigenvalue weighted by Crippen LogP contribution is 2.18. The number of esters is 1. The molecule has 0 aliphatic heterocycles. The zero-order chi connectivity index (χ0) is 38.2. The highest BCUT2D eigenvalue weighted by atomic mass is 16.5. The van der Waals surface area contributed by atoms with Crippen molar-refractivity contribution in [1.29, 1.82) is 0 Å². The fourth-order valence-electron chi connectivity index (χ4n) is 7.07. The van der Waals surface area contributed by atoms with E-state index < -0.39 is 18.2 Å². The van der Waals surface area contributed by atoms with Crippen LogP contribution in [0.4, 0.5) is 0 Å². The van der Waals surface area contributed by atoms with Crippen molar-refractivity contribution in [2.24, 2.45) is 0 Å². The molecule has 0 aliphatic carbocycles. The average molecular weight is 736 g/mol. The summed E-state index contributed by atoms with van der Waals surface area (Å²) in [6.07, 6.45) is 42.7. The molecule has 6 heteroatoms. The maximum absolute atomic E-state index is 13.1. The fourth-order valence-corrected chi connectivity index (χ4v) is 7.07. The molecule has 52 heavy (non-hydrogen) atoms. The summed E-state index contributed by atoms with van der Waals surface area (Å²) in [6.45, 7) is 6.43. The molecule has 0 fully saturated rings. The van der Waals surface area contributed by atoms with Crippen LogP contribution in [-0.2, 0) is 14.3 Å². The lowest BCUT2D eigenvalue weighted by molar-refractivity contribution is -0.151. The summed E-state index contributed by atoms with van der Waals surface area (Å²) in [7, 11) is 0. The van der Waals surface area contributed by atoms with Gasteiger partial charge in [0, 0.05) is 6.42 Å². The van der Waals surface area contributed by atoms with Crippen LogP contribution >= 0.6 is 0 Å². The molecule has 0 heterocycles. The van der Waals surface area contributed by atoms with Crippen LogP contribution in [0.15, 0.2) is 12.2 Å². The van der Waals surface area contributed by atoms with Crippen LogP contribution in [0.5, 0.6) is 0 Å². The number of amides is 1. The molecule has 1 amide bonds. The van der Waals surface area contributed by atoms with Crippen LogP contribution in [-0.4, -0.2) is 46.9 Å². The van der Waals surface area contributed by atoms with Gasteiger partial charge < -0.3 is 20.3 Å². The van der Waals surface area contributed by atoms with Crippen LogP contribution in [0.2, 0.25) is 0 Å². The molecule has 0 aliphatic rings. The smallest absolute Gasteiger partial charge is 0.306 e. The first kappa shape index (κ1) is 50.6. The van der Waals surface area contributed by atoms with Crippen LogP contribution in [0.25, 0.3) is 0 Å². The summed E-state index contributed by atoms with van der Waals surface area (Å²) in [6, 6.07) is -0.694. The Labute approximate surface area is 323 Å². The van der Waals surface area contributed by atoms with Gasteiger partial charge in [0.05, 0.1) is 25.2 Å². The van der Waals surface area contributed by atoms with Crippen molar-refractivity contribution < 1.29 is 24.5 Å². The topological polar surface area (TPSA) is 95.9 Å². The van der Waals surface area contributed by atoms with Gasteiger partial charge in [-0.2, -0.15) is 0 Å². The molecule has 3 unspecified atom stereocenters. The van der Waals surface area contributed by atoms with Crippen molar-refractivity contribution in [3.8, 4) is 0 Å². The Balaban J connectivity index is 4.47. The number of hydrogen-bond donors (Lipinski definition) is 3. The van der Waals surface area contributed by atoms with E-state index in [0.717, 1.165) is 51.4 Å². The summed E-state index contributed by atoms with van der Waals surface area (Å²) < 4.78 is 5.88. The number of allylic oxidation sites excluding steroid dienone is 2. The molecule has 6 nitrogen and oxygen atoms in total. The van der Waals surface area contributed by atoms with E-state index in [1.165, 1.54) is 148 Å². The number of aliphatic hydroxyl groups excluding tert-OH is 2. The van der Waals surface area contributed by atoms with Gasteiger partial charge in [0.25, 0.3) is 0 Å². The van der Waals surface area contributed by atoms with Gasteiger partial charge in [-0.25, -0.2) is 0 Å². The Hall–Kier alpha value is -1.40. The van der Waals surface area contributed by atoms with Gasteiger partial charge in [-0.3, -0.25) is 9.59 Å². The molecule has 3 atom stereocenters. The first-order chi connectivity index (χ1) is 25.5. The van der Waals surface area contributed by atoms with Crippen molar-refractivity contribution in [1.82, 2.24) is 5.32 Å². The summed E-state index contributed by atoms with van der Waals surface area (Å²) in [5.41, 5.74) is 0. The quantitative estimate of drug-likeness (QED) is 0.0330. The van der Waals surface area contributed by atoms with E-state index in [4.69, 9.17) is 4.74 Å². The van der Waals surface area contributed by atoms with Gasteiger partial charge in [0.1, 0.15) is 6.10 Å². The van der Waals surface area contributed by atoms with Crippen molar-refractivity contribution in [2.45, 2.75) is 264 Å². The Morgan fingerprint density at radius 3 is 1.40 bits per heavy atom. The second kappa shape index (κ2) is 40.8. The maximum atomic E-state index is 13.1. The monoisotopic (exact) mass is 736 g/mol. The zero-order valence-electron chi connectivity index (χ0n) is 35.0. The second-order valence-electron chi connectivity index (χ2n) is 15.8. The average Bonchev–Trinajstić information content (AvgIpc) is 3.13. The molecule has 308 valence electrons. The molecule has 0 aromatic carbocycles. The number of nitrogens with one attached hydrogen (secondary N) is 1. The molecule has 0 radical (unpaired) electrons. The van der Waals surface area contributed by atoms with Gasteiger partial charge in [-0.1, -0.05) is 193 Å². The van der Waals surface area contributed by atoms with Crippen LogP contribution < -0.4 is 5.32 Å². The number of ether oxygens (including phenoxy) is 1. The van der Waals surface area contributed by atoms with E-state index >= 15 is 0 Å². The molecule has 3 N–H and O–H groups in total. The molecule has 0 rings (SSSR count). The van der Waals surface area contributed by atoms with Crippen LogP contribution in [0, 0.1) is 0 Å². The molecular weight excluding hydrogens is 647 g/mol. The van der Waals surface area contributed by atoms with Gasteiger partial charge in [-0.05, 0) is 51.4 Å². The summed E-state index contributed by atoms with van der Waals surface area (Å²) in [5, 5.41) is 23.6. The number of hydrogen-bond acceptors (Lipinski definition) is 5. The minimum atomic E-state index is -0.780. The number of unbranched alkanes of at least 4 members (excludes halogenated alkanes) is 27. The van der Waals surface area contributed by atoms with E-state index in [-0.39, 0.29) is 24.9 Å². The summed E-state index contributed by atoms with van der Waals surface area (Å²) >= 11 is 0. The standard InChI is InChI=1S/C46H89NO5/c1-4-7-10-13-16-19-21-23-24-26-29-32-35-38-44(49)43(41-48)47-45(50)40-42(37-34-31-28-18-15-12-9-6-3)52-46(51)39-36-33-30-27-25-22-20-17-14-11-8-5-2/h17,20,42-44,48-49H,4-16,18-19,21-41H2,1-3H3,(H,47,50)/b20-17-. The van der Waals surface area contributed by atoms with Gasteiger partial charge >= 0.3 is 5.97 Å². The van der Waals surface area contributed by atoms with Crippen molar-refractivity contribution in [3.63, 3.8) is 0 Å². The molecule has 0 saturated heterocycles. The molecular formula is C46H89NO5. The van der Waals surface area contributed by atoms with Gasteiger partial charge in [0.15, 0.2) is 0 Å². The van der Waals surface area contributed by atoms with Crippen LogP contribution in [0.1, 0.15) is 245 Å². The lowest BCUT2D eigenvalue weighted by atomic mass is 10.0. The Bertz CT molecular complexity index is 787. The third kappa shape index (κ3) is 35.6. The van der Waals surface area contributed by atoms with Crippen molar-refractivity contribution in [3.05, 3.63) is 12.2 Å². The minimum absolute atomic E-state index is 0.0795. The van der Waals surface area contributed by atoms with Crippen molar-refractivity contribution in [2.75, 3.05) is 6.61 Å². The second-order valence-corrected chi connectivity index (χ2v) is 15.8. The lowest BCUT2D eigenvalue weighted by Gasteiger charge is -2.24. The number of carbonyl (C=O) groups excluding carboxylic acids is 2. The van der Waals surface area contributed by atoms with E-state index in [1.54, 1.807) is 0 Å². The van der Waals surface area contributed by atoms with E-state index in [9.17, 15) is 19.8 Å². The van der Waals surface area contributed by atoms with E-state index in [2.05, 4.69) is 38.2 Å². The first-order valence-electron chi connectivity index (χ1n) is 22.9. The third-order valence-corrected chi connectivity index (χ3v) is 10.6. The predicted molar refractivity (Wildman–Crippen MR) is 223 cm³/mol. The molecule has 0 aromatic heterocycles. The Morgan fingerprint density at radius 2 is 0.923 bits per heavy atom. The fraction of sp³-hybridized carbons (Fsp3) is 0.913. The first-order valence-corrected chi connectivity index (χ1v) is 22.9. The molecule has 0 spiro atoms. The van der Waals surface area contributed by atoms with Gasteiger partial charge in [-0.15, -0.1) is 0 Å². The largest absolute Gasteiger partial charge is 0.462 e. The van der Waals surface area contributed by atoms with Gasteiger partial charge in [0.2, 0.25) is 5.91 Å². The Kier molecular flexibility index (Phi) is 39.7. The summed E-state index contributed by atoms with van der Waals surface area (Å²) in [5.74, 6) is -0.478. The molecule has 0 saturated carbocycles.